The molecular formula is C17H12ClN3O3. The second-order valence-corrected chi connectivity index (χ2v) is 5.33. The molecule has 0 radical (unpaired) electrons. The Hall–Kier alpha value is -2.99. The molecule has 0 bridgehead atoms. The van der Waals surface area contributed by atoms with Gasteiger partial charge in [-0.3, -0.25) is 4.79 Å². The fourth-order valence-electron chi connectivity index (χ4n) is 2.03. The minimum Gasteiger partial charge on any atom is -0.454 e. The topological polar surface area (TPSA) is 74.1 Å². The molecule has 120 valence electrons. The molecule has 0 atom stereocenters. The summed E-state index contributed by atoms with van der Waals surface area (Å²) in [5.41, 5.74) is 1.55. The minimum absolute atomic E-state index is 0.292. The summed E-state index contributed by atoms with van der Waals surface area (Å²) in [6, 6.07) is 13.0. The lowest BCUT2D eigenvalue weighted by atomic mass is 10.1. The van der Waals surface area contributed by atoms with Crippen molar-refractivity contribution in [2.75, 3.05) is 6.61 Å². The van der Waals surface area contributed by atoms with Gasteiger partial charge in [-0.15, -0.1) is 0 Å². The first kappa shape index (κ1) is 15.9. The minimum atomic E-state index is -0.567. The summed E-state index contributed by atoms with van der Waals surface area (Å²) in [7, 11) is 0. The van der Waals surface area contributed by atoms with Crippen LogP contribution in [0.2, 0.25) is 5.02 Å². The second kappa shape index (κ2) is 7.06. The van der Waals surface area contributed by atoms with Crippen molar-refractivity contribution >= 4 is 23.4 Å². The lowest BCUT2D eigenvalue weighted by Crippen LogP contribution is -2.14. The number of benzene rings is 2. The first-order valence-electron chi connectivity index (χ1n) is 7.04. The number of esters is 1. The molecule has 0 fully saturated rings. The summed E-state index contributed by atoms with van der Waals surface area (Å²) in [6.45, 7) is -0.328. The van der Waals surface area contributed by atoms with Crippen molar-refractivity contribution in [2.24, 2.45) is 0 Å². The van der Waals surface area contributed by atoms with Crippen LogP contribution in [-0.4, -0.2) is 33.1 Å². The van der Waals surface area contributed by atoms with E-state index in [-0.39, 0.29) is 12.4 Å². The second-order valence-electron chi connectivity index (χ2n) is 4.89. The number of aromatic nitrogens is 3. The number of hydrogen-bond acceptors (Lipinski definition) is 5. The SMILES string of the molecule is O=C(COC(=O)c1ccc(-n2cncn2)cc1)c1ccc(Cl)cc1. The number of ketones is 1. The lowest BCUT2D eigenvalue weighted by Gasteiger charge is -2.06. The molecule has 0 aliphatic heterocycles. The van der Waals surface area contributed by atoms with Gasteiger partial charge in [0.2, 0.25) is 0 Å². The van der Waals surface area contributed by atoms with Crippen molar-refractivity contribution in [1.29, 1.82) is 0 Å². The van der Waals surface area contributed by atoms with Crippen molar-refractivity contribution in [3.63, 3.8) is 0 Å². The van der Waals surface area contributed by atoms with Gasteiger partial charge in [-0.05, 0) is 48.5 Å². The highest BCUT2D eigenvalue weighted by Crippen LogP contribution is 2.12. The Bertz CT molecular complexity index is 844. The van der Waals surface area contributed by atoms with Crippen LogP contribution >= 0.6 is 11.6 Å². The van der Waals surface area contributed by atoms with E-state index in [0.717, 1.165) is 5.69 Å². The smallest absolute Gasteiger partial charge is 0.338 e. The predicted octanol–water partition coefficient (Wildman–Crippen LogP) is 2.96. The largest absolute Gasteiger partial charge is 0.454 e. The molecule has 2 aromatic carbocycles. The van der Waals surface area contributed by atoms with Crippen LogP contribution in [0.3, 0.4) is 0 Å². The van der Waals surface area contributed by atoms with Gasteiger partial charge in [0, 0.05) is 10.6 Å². The van der Waals surface area contributed by atoms with E-state index in [4.69, 9.17) is 16.3 Å². The third-order valence-corrected chi connectivity index (χ3v) is 3.54. The maximum atomic E-state index is 12.0. The molecule has 3 rings (SSSR count). The molecule has 0 spiro atoms. The zero-order valence-electron chi connectivity index (χ0n) is 12.4. The number of hydrogen-bond donors (Lipinski definition) is 0. The molecule has 1 heterocycles. The van der Waals surface area contributed by atoms with E-state index in [1.807, 2.05) is 0 Å². The van der Waals surface area contributed by atoms with Crippen LogP contribution in [0, 0.1) is 0 Å². The highest BCUT2D eigenvalue weighted by atomic mass is 35.5. The number of carbonyl (C=O) groups is 2. The van der Waals surface area contributed by atoms with Gasteiger partial charge in [-0.2, -0.15) is 5.10 Å². The van der Waals surface area contributed by atoms with Gasteiger partial charge in [0.05, 0.1) is 11.3 Å². The first-order valence-corrected chi connectivity index (χ1v) is 7.42. The Labute approximate surface area is 142 Å². The number of nitrogens with zero attached hydrogens (tertiary/aromatic N) is 3. The zero-order chi connectivity index (χ0) is 16.9. The van der Waals surface area contributed by atoms with Crippen LogP contribution in [0.15, 0.2) is 61.2 Å². The Morgan fingerprint density at radius 2 is 1.67 bits per heavy atom. The van der Waals surface area contributed by atoms with E-state index in [9.17, 15) is 9.59 Å². The van der Waals surface area contributed by atoms with Gasteiger partial charge in [-0.25, -0.2) is 14.5 Å². The fraction of sp³-hybridized carbons (Fsp3) is 0.0588. The average Bonchev–Trinajstić information content (AvgIpc) is 3.15. The predicted molar refractivity (Wildman–Crippen MR) is 87.4 cm³/mol. The van der Waals surface area contributed by atoms with Crippen LogP contribution in [0.25, 0.3) is 5.69 Å². The summed E-state index contributed by atoms with van der Waals surface area (Å²) in [5, 5.41) is 4.53. The van der Waals surface area contributed by atoms with Crippen molar-refractivity contribution in [3.05, 3.63) is 77.3 Å². The van der Waals surface area contributed by atoms with E-state index in [1.165, 1.54) is 6.33 Å². The standard InChI is InChI=1S/C17H12ClN3O3/c18-14-5-1-12(2-6-14)16(22)9-24-17(23)13-3-7-15(8-4-13)21-11-19-10-20-21/h1-8,10-11H,9H2. The van der Waals surface area contributed by atoms with Gasteiger partial charge in [0.25, 0.3) is 0 Å². The third kappa shape index (κ3) is 3.67. The molecule has 0 unspecified atom stereocenters. The molecule has 24 heavy (non-hydrogen) atoms. The summed E-state index contributed by atoms with van der Waals surface area (Å²) < 4.78 is 6.62. The number of ether oxygens (including phenoxy) is 1. The molecule has 7 heteroatoms. The Morgan fingerprint density at radius 1 is 1.00 bits per heavy atom. The maximum absolute atomic E-state index is 12.0. The van der Waals surface area contributed by atoms with Crippen molar-refractivity contribution in [2.45, 2.75) is 0 Å². The number of rotatable bonds is 5. The van der Waals surface area contributed by atoms with E-state index in [2.05, 4.69) is 10.1 Å². The zero-order valence-corrected chi connectivity index (χ0v) is 13.2. The molecule has 0 saturated heterocycles. The molecule has 0 N–H and O–H groups in total. The number of carbonyl (C=O) groups excluding carboxylic acids is 2. The summed E-state index contributed by atoms with van der Waals surface area (Å²) in [4.78, 5) is 27.8. The van der Waals surface area contributed by atoms with Gasteiger partial charge >= 0.3 is 5.97 Å². The molecule has 1 aromatic heterocycles. The lowest BCUT2D eigenvalue weighted by molar-refractivity contribution is 0.0475. The third-order valence-electron chi connectivity index (χ3n) is 3.29. The van der Waals surface area contributed by atoms with Crippen LogP contribution < -0.4 is 0 Å². The number of Topliss-reactive ketones (excluding diaryl/α,β-unsaturated/α-hetero) is 1. The van der Waals surface area contributed by atoms with Gasteiger partial charge in [0.1, 0.15) is 12.7 Å². The quantitative estimate of drug-likeness (QED) is 0.527. The average molecular weight is 342 g/mol. The first-order chi connectivity index (χ1) is 11.6. The van der Waals surface area contributed by atoms with E-state index < -0.39 is 5.97 Å². The monoisotopic (exact) mass is 341 g/mol. The molecule has 0 aliphatic carbocycles. The molecule has 3 aromatic rings. The maximum Gasteiger partial charge on any atom is 0.338 e. The van der Waals surface area contributed by atoms with E-state index in [0.29, 0.717) is 16.1 Å². The summed E-state index contributed by atoms with van der Waals surface area (Å²) in [5.74, 6) is -0.860. The summed E-state index contributed by atoms with van der Waals surface area (Å²) in [6.07, 6.45) is 2.97. The van der Waals surface area contributed by atoms with Crippen LogP contribution in [-0.2, 0) is 4.74 Å². The van der Waals surface area contributed by atoms with Crippen LogP contribution in [0.1, 0.15) is 20.7 Å². The Balaban J connectivity index is 1.60. The van der Waals surface area contributed by atoms with Gasteiger partial charge < -0.3 is 4.74 Å². The molecule has 6 nitrogen and oxygen atoms in total. The highest BCUT2D eigenvalue weighted by Gasteiger charge is 2.12. The normalized spacial score (nSPS) is 10.4. The Morgan fingerprint density at radius 3 is 2.29 bits per heavy atom. The van der Waals surface area contributed by atoms with E-state index in [1.54, 1.807) is 59.5 Å². The van der Waals surface area contributed by atoms with Gasteiger partial charge in [0.15, 0.2) is 12.4 Å². The van der Waals surface area contributed by atoms with Crippen LogP contribution in [0.5, 0.6) is 0 Å². The van der Waals surface area contributed by atoms with Crippen molar-refractivity contribution in [3.8, 4) is 5.69 Å². The van der Waals surface area contributed by atoms with Crippen molar-refractivity contribution < 1.29 is 14.3 Å². The highest BCUT2D eigenvalue weighted by molar-refractivity contribution is 6.30. The Kier molecular flexibility index (Phi) is 4.67. The van der Waals surface area contributed by atoms with E-state index >= 15 is 0 Å². The molecule has 0 amide bonds. The molecule has 0 aliphatic rings. The summed E-state index contributed by atoms with van der Waals surface area (Å²) >= 11 is 5.77. The molecule has 0 saturated carbocycles. The molecular weight excluding hydrogens is 330 g/mol. The fourth-order valence-corrected chi connectivity index (χ4v) is 2.15. The van der Waals surface area contributed by atoms with Crippen molar-refractivity contribution in [1.82, 2.24) is 14.8 Å². The number of halogens is 1. The van der Waals surface area contributed by atoms with Gasteiger partial charge in [-0.1, -0.05) is 11.6 Å². The van der Waals surface area contributed by atoms with Crippen LogP contribution in [0.4, 0.5) is 0 Å².